The van der Waals surface area contributed by atoms with Crippen molar-refractivity contribution in [3.63, 3.8) is 0 Å². The number of rotatable bonds is 4. The first-order chi connectivity index (χ1) is 8.21. The van der Waals surface area contributed by atoms with Crippen molar-refractivity contribution in [1.29, 1.82) is 0 Å². The van der Waals surface area contributed by atoms with Crippen LogP contribution < -0.4 is 5.73 Å². The van der Waals surface area contributed by atoms with Gasteiger partial charge in [-0.3, -0.25) is 0 Å². The van der Waals surface area contributed by atoms with Crippen LogP contribution in [0.4, 0.5) is 5.69 Å². The van der Waals surface area contributed by atoms with Crippen LogP contribution >= 0.6 is 27.5 Å². The molecule has 0 heterocycles. The molecule has 0 saturated carbocycles. The molecule has 1 rings (SSSR count). The van der Waals surface area contributed by atoms with Crippen molar-refractivity contribution in [2.45, 2.75) is 31.2 Å². The lowest BCUT2D eigenvalue weighted by molar-refractivity contribution is 0.380. The Morgan fingerprint density at radius 1 is 1.50 bits per heavy atom. The Balaban J connectivity index is 3.37. The molecule has 0 fully saturated rings. The topological polar surface area (TPSA) is 63.4 Å². The molecular weight excluding hydrogens is 340 g/mol. The molecule has 0 amide bonds. The van der Waals surface area contributed by atoms with Crippen molar-refractivity contribution < 1.29 is 8.42 Å². The van der Waals surface area contributed by atoms with Gasteiger partial charge in [-0.05, 0) is 41.4 Å². The van der Waals surface area contributed by atoms with Gasteiger partial charge >= 0.3 is 0 Å². The van der Waals surface area contributed by atoms with Gasteiger partial charge < -0.3 is 5.73 Å². The Kier molecular flexibility index (Phi) is 5.05. The molecule has 102 valence electrons. The summed E-state index contributed by atoms with van der Waals surface area (Å²) in [6.07, 6.45) is 0.726. The Hall–Kier alpha value is -0.300. The second-order valence-corrected chi connectivity index (χ2v) is 7.28. The van der Waals surface area contributed by atoms with E-state index in [1.165, 1.54) is 16.4 Å². The molecule has 0 aliphatic heterocycles. The zero-order valence-electron chi connectivity index (χ0n) is 10.4. The van der Waals surface area contributed by atoms with Gasteiger partial charge in [-0.25, -0.2) is 8.42 Å². The summed E-state index contributed by atoms with van der Waals surface area (Å²) in [6, 6.07) is 2.81. The van der Waals surface area contributed by atoms with E-state index in [0.29, 0.717) is 15.2 Å². The lowest BCUT2D eigenvalue weighted by Gasteiger charge is -2.24. The molecule has 1 unspecified atom stereocenters. The third-order valence-electron chi connectivity index (χ3n) is 2.90. The van der Waals surface area contributed by atoms with Crippen molar-refractivity contribution in [2.24, 2.45) is 0 Å². The fraction of sp³-hybridized carbons (Fsp3) is 0.455. The molecule has 0 aliphatic carbocycles. The van der Waals surface area contributed by atoms with Crippen molar-refractivity contribution in [3.8, 4) is 0 Å². The Morgan fingerprint density at radius 3 is 2.56 bits per heavy atom. The summed E-state index contributed by atoms with van der Waals surface area (Å²) >= 11 is 9.06. The number of halogens is 2. The van der Waals surface area contributed by atoms with E-state index in [-0.39, 0.29) is 10.9 Å². The first kappa shape index (κ1) is 15.8. The van der Waals surface area contributed by atoms with E-state index in [9.17, 15) is 8.42 Å². The number of nitrogens with zero attached hydrogens (tertiary/aromatic N) is 1. The SMILES string of the molecule is CCC(C)N(C)S(=O)(=O)c1cc(Cl)cc(N)c1Br. The third kappa shape index (κ3) is 2.99. The van der Waals surface area contributed by atoms with E-state index in [4.69, 9.17) is 17.3 Å². The van der Waals surface area contributed by atoms with Crippen LogP contribution in [0.1, 0.15) is 20.3 Å². The molecule has 1 aromatic rings. The van der Waals surface area contributed by atoms with Crippen LogP contribution in [0.25, 0.3) is 0 Å². The molecule has 0 aliphatic rings. The minimum Gasteiger partial charge on any atom is -0.398 e. The van der Waals surface area contributed by atoms with Crippen LogP contribution in [0.2, 0.25) is 5.02 Å². The molecule has 0 bridgehead atoms. The highest BCUT2D eigenvalue weighted by molar-refractivity contribution is 9.10. The lowest BCUT2D eigenvalue weighted by Crippen LogP contribution is -2.34. The molecule has 1 atom stereocenters. The molecule has 0 saturated heterocycles. The summed E-state index contributed by atoms with van der Waals surface area (Å²) < 4.78 is 26.6. The maximum atomic E-state index is 12.4. The molecule has 2 N–H and O–H groups in total. The van der Waals surface area contributed by atoms with Gasteiger partial charge in [0.2, 0.25) is 10.0 Å². The fourth-order valence-electron chi connectivity index (χ4n) is 1.42. The quantitative estimate of drug-likeness (QED) is 0.844. The maximum absolute atomic E-state index is 12.4. The Morgan fingerprint density at radius 2 is 2.06 bits per heavy atom. The third-order valence-corrected chi connectivity index (χ3v) is 6.26. The fourth-order valence-corrected chi connectivity index (χ4v) is 4.11. The average Bonchev–Trinajstić information content (AvgIpc) is 2.31. The van der Waals surface area contributed by atoms with Gasteiger partial charge in [-0.1, -0.05) is 18.5 Å². The van der Waals surface area contributed by atoms with Crippen molar-refractivity contribution in [2.75, 3.05) is 12.8 Å². The smallest absolute Gasteiger partial charge is 0.244 e. The van der Waals surface area contributed by atoms with Crippen molar-refractivity contribution in [1.82, 2.24) is 4.31 Å². The van der Waals surface area contributed by atoms with E-state index in [1.807, 2.05) is 13.8 Å². The molecule has 18 heavy (non-hydrogen) atoms. The minimum atomic E-state index is -3.60. The second kappa shape index (κ2) is 5.77. The monoisotopic (exact) mass is 354 g/mol. The summed E-state index contributed by atoms with van der Waals surface area (Å²) in [5.74, 6) is 0. The minimum absolute atomic E-state index is 0.0929. The molecule has 4 nitrogen and oxygen atoms in total. The molecule has 0 spiro atoms. The van der Waals surface area contributed by atoms with Crippen LogP contribution in [0.15, 0.2) is 21.5 Å². The zero-order chi connectivity index (χ0) is 14.1. The summed E-state index contributed by atoms with van der Waals surface area (Å²) in [6.45, 7) is 3.78. The van der Waals surface area contributed by atoms with Crippen molar-refractivity contribution >= 4 is 43.2 Å². The molecule has 1 aromatic carbocycles. The standard InChI is InChI=1S/C11H16BrClN2O2S/c1-4-7(2)15(3)18(16,17)10-6-8(13)5-9(14)11(10)12/h5-7H,4,14H2,1-3H3. The van der Waals surface area contributed by atoms with Crippen LogP contribution in [0.3, 0.4) is 0 Å². The van der Waals surface area contributed by atoms with E-state index in [1.54, 1.807) is 7.05 Å². The number of nitrogen functional groups attached to an aromatic ring is 1. The zero-order valence-corrected chi connectivity index (χ0v) is 13.6. The lowest BCUT2D eigenvalue weighted by atomic mass is 10.3. The summed E-state index contributed by atoms with van der Waals surface area (Å²) in [4.78, 5) is 0.0929. The highest BCUT2D eigenvalue weighted by Gasteiger charge is 2.27. The van der Waals surface area contributed by atoms with Crippen LogP contribution in [0, 0.1) is 0 Å². The predicted molar refractivity (Wildman–Crippen MR) is 78.3 cm³/mol. The predicted octanol–water partition coefficient (Wildman–Crippen LogP) is 3.10. The number of hydrogen-bond acceptors (Lipinski definition) is 3. The first-order valence-electron chi connectivity index (χ1n) is 5.44. The van der Waals surface area contributed by atoms with E-state index < -0.39 is 10.0 Å². The van der Waals surface area contributed by atoms with Gasteiger partial charge in [0.05, 0.1) is 9.37 Å². The maximum Gasteiger partial charge on any atom is 0.244 e. The highest BCUT2D eigenvalue weighted by atomic mass is 79.9. The molecule has 0 aromatic heterocycles. The van der Waals surface area contributed by atoms with E-state index in [2.05, 4.69) is 15.9 Å². The number of benzene rings is 1. The van der Waals surface area contributed by atoms with Crippen LogP contribution in [0.5, 0.6) is 0 Å². The van der Waals surface area contributed by atoms with Gasteiger partial charge in [-0.2, -0.15) is 4.31 Å². The van der Waals surface area contributed by atoms with Gasteiger partial charge in [0.1, 0.15) is 0 Å². The van der Waals surface area contributed by atoms with E-state index >= 15 is 0 Å². The Labute approximate surface area is 121 Å². The molecule has 7 heteroatoms. The normalized spacial score (nSPS) is 13.9. The van der Waals surface area contributed by atoms with Crippen LogP contribution in [-0.4, -0.2) is 25.8 Å². The number of hydrogen-bond donors (Lipinski definition) is 1. The number of sulfonamides is 1. The molecule has 0 radical (unpaired) electrons. The second-order valence-electron chi connectivity index (χ2n) is 4.09. The van der Waals surface area contributed by atoms with Gasteiger partial charge in [0.25, 0.3) is 0 Å². The first-order valence-corrected chi connectivity index (χ1v) is 8.05. The van der Waals surface area contributed by atoms with Crippen LogP contribution in [-0.2, 0) is 10.0 Å². The number of nitrogens with two attached hydrogens (primary N) is 1. The van der Waals surface area contributed by atoms with Gasteiger partial charge in [0.15, 0.2) is 0 Å². The average molecular weight is 356 g/mol. The number of anilines is 1. The largest absolute Gasteiger partial charge is 0.398 e. The summed E-state index contributed by atoms with van der Waals surface area (Å²) in [5.41, 5.74) is 6.02. The van der Waals surface area contributed by atoms with Gasteiger partial charge in [0, 0.05) is 23.8 Å². The van der Waals surface area contributed by atoms with E-state index in [0.717, 1.165) is 6.42 Å². The summed E-state index contributed by atoms with van der Waals surface area (Å²) in [7, 11) is -2.06. The Bertz CT molecular complexity index is 548. The van der Waals surface area contributed by atoms with Crippen molar-refractivity contribution in [3.05, 3.63) is 21.6 Å². The summed E-state index contributed by atoms with van der Waals surface area (Å²) in [5, 5.41) is 0.298. The van der Waals surface area contributed by atoms with Gasteiger partial charge in [-0.15, -0.1) is 0 Å². The highest BCUT2D eigenvalue weighted by Crippen LogP contribution is 2.33. The molecular formula is C11H16BrClN2O2S.